The first kappa shape index (κ1) is 10.0. The zero-order chi connectivity index (χ0) is 9.84. The van der Waals surface area contributed by atoms with Crippen LogP contribution in [0.1, 0.15) is 5.56 Å². The molecule has 68 valence electrons. The second kappa shape index (κ2) is 4.25. The van der Waals surface area contributed by atoms with E-state index in [1.54, 1.807) is 0 Å². The van der Waals surface area contributed by atoms with Crippen LogP contribution in [0.25, 0.3) is 0 Å². The standard InChI is InChI=1S/C8H4BrF2NO/c9-6-1-5(3-12-4-13)2-7(10)8(6)11/h1-2H,3H2. The van der Waals surface area contributed by atoms with Crippen molar-refractivity contribution in [3.05, 3.63) is 33.8 Å². The number of benzene rings is 1. The molecule has 0 bridgehead atoms. The number of halogens is 3. The van der Waals surface area contributed by atoms with Crippen molar-refractivity contribution in [3.8, 4) is 0 Å². The van der Waals surface area contributed by atoms with Gasteiger partial charge in [-0.05, 0) is 33.6 Å². The lowest BCUT2D eigenvalue weighted by Gasteiger charge is -1.99. The Morgan fingerprint density at radius 1 is 1.46 bits per heavy atom. The summed E-state index contributed by atoms with van der Waals surface area (Å²) in [4.78, 5) is 13.0. The van der Waals surface area contributed by atoms with Crippen LogP contribution in [-0.4, -0.2) is 6.08 Å². The van der Waals surface area contributed by atoms with Gasteiger partial charge in [0.25, 0.3) is 0 Å². The second-order valence-corrected chi connectivity index (χ2v) is 3.14. The topological polar surface area (TPSA) is 29.4 Å². The Balaban J connectivity index is 3.05. The van der Waals surface area contributed by atoms with Crippen LogP contribution in [0.3, 0.4) is 0 Å². The molecule has 0 amide bonds. The first-order valence-electron chi connectivity index (χ1n) is 3.32. The van der Waals surface area contributed by atoms with E-state index in [0.717, 1.165) is 6.07 Å². The van der Waals surface area contributed by atoms with Crippen molar-refractivity contribution in [2.45, 2.75) is 6.54 Å². The van der Waals surface area contributed by atoms with Gasteiger partial charge in [0, 0.05) is 0 Å². The van der Waals surface area contributed by atoms with Crippen molar-refractivity contribution in [1.29, 1.82) is 0 Å². The molecule has 2 nitrogen and oxygen atoms in total. The monoisotopic (exact) mass is 247 g/mol. The van der Waals surface area contributed by atoms with Crippen LogP contribution in [0.15, 0.2) is 21.6 Å². The van der Waals surface area contributed by atoms with E-state index in [1.165, 1.54) is 12.1 Å². The Morgan fingerprint density at radius 2 is 2.15 bits per heavy atom. The molecule has 0 aliphatic heterocycles. The molecule has 0 unspecified atom stereocenters. The lowest BCUT2D eigenvalue weighted by molar-refractivity contribution is 0.502. The third-order valence-corrected chi connectivity index (χ3v) is 1.95. The number of rotatable bonds is 2. The van der Waals surface area contributed by atoms with Crippen LogP contribution >= 0.6 is 15.9 Å². The summed E-state index contributed by atoms with van der Waals surface area (Å²) < 4.78 is 25.4. The van der Waals surface area contributed by atoms with Crippen molar-refractivity contribution in [1.82, 2.24) is 0 Å². The fourth-order valence-corrected chi connectivity index (χ4v) is 1.31. The van der Waals surface area contributed by atoms with Gasteiger partial charge in [0.1, 0.15) is 0 Å². The average molecular weight is 248 g/mol. The van der Waals surface area contributed by atoms with E-state index >= 15 is 0 Å². The smallest absolute Gasteiger partial charge is 0.211 e. The number of carbonyl (C=O) groups excluding carboxylic acids is 1. The third kappa shape index (κ3) is 2.44. The van der Waals surface area contributed by atoms with E-state index in [0.29, 0.717) is 5.56 Å². The minimum absolute atomic E-state index is 0.000694. The maximum Gasteiger partial charge on any atom is 0.235 e. The van der Waals surface area contributed by atoms with Gasteiger partial charge >= 0.3 is 0 Å². The fraction of sp³-hybridized carbons (Fsp3) is 0.125. The lowest BCUT2D eigenvalue weighted by atomic mass is 10.2. The summed E-state index contributed by atoms with van der Waals surface area (Å²) in [5, 5.41) is 0. The Bertz CT molecular complexity index is 351. The first-order chi connectivity index (χ1) is 6.15. The van der Waals surface area contributed by atoms with E-state index < -0.39 is 11.6 Å². The van der Waals surface area contributed by atoms with Gasteiger partial charge in [-0.3, -0.25) is 0 Å². The molecule has 0 spiro atoms. The van der Waals surface area contributed by atoms with E-state index in [9.17, 15) is 13.6 Å². The van der Waals surface area contributed by atoms with Gasteiger partial charge in [-0.25, -0.2) is 18.6 Å². The minimum Gasteiger partial charge on any atom is -0.211 e. The highest BCUT2D eigenvalue weighted by molar-refractivity contribution is 9.10. The van der Waals surface area contributed by atoms with Gasteiger partial charge in [-0.1, -0.05) is 0 Å². The molecule has 0 aromatic heterocycles. The summed E-state index contributed by atoms with van der Waals surface area (Å²) in [6, 6.07) is 2.35. The van der Waals surface area contributed by atoms with E-state index in [4.69, 9.17) is 0 Å². The predicted octanol–water partition coefficient (Wildman–Crippen LogP) is 2.56. The second-order valence-electron chi connectivity index (χ2n) is 2.28. The van der Waals surface area contributed by atoms with Gasteiger partial charge in [0.2, 0.25) is 6.08 Å². The normalized spacial score (nSPS) is 9.46. The van der Waals surface area contributed by atoms with Gasteiger partial charge in [-0.2, -0.15) is 0 Å². The zero-order valence-electron chi connectivity index (χ0n) is 6.35. The number of hydrogen-bond donors (Lipinski definition) is 0. The van der Waals surface area contributed by atoms with Crippen LogP contribution in [0, 0.1) is 11.6 Å². The molecule has 0 aliphatic rings. The highest BCUT2D eigenvalue weighted by Crippen LogP contribution is 2.20. The van der Waals surface area contributed by atoms with Crippen LogP contribution in [-0.2, 0) is 11.3 Å². The summed E-state index contributed by atoms with van der Waals surface area (Å²) in [5.41, 5.74) is 0.411. The number of aliphatic imine (C=N–C) groups is 1. The SMILES string of the molecule is O=C=NCc1cc(F)c(F)c(Br)c1. The summed E-state index contributed by atoms with van der Waals surface area (Å²) in [7, 11) is 0. The van der Waals surface area contributed by atoms with Gasteiger partial charge in [0.05, 0.1) is 11.0 Å². The molecule has 0 saturated heterocycles. The first-order valence-corrected chi connectivity index (χ1v) is 4.11. The quantitative estimate of drug-likeness (QED) is 0.449. The van der Waals surface area contributed by atoms with Crippen LogP contribution in [0.2, 0.25) is 0 Å². The number of nitrogens with zero attached hydrogens (tertiary/aromatic N) is 1. The summed E-state index contributed by atoms with van der Waals surface area (Å²) in [6.07, 6.45) is 1.31. The maximum atomic E-state index is 12.7. The summed E-state index contributed by atoms with van der Waals surface area (Å²) >= 11 is 2.83. The van der Waals surface area contributed by atoms with E-state index in [2.05, 4.69) is 20.9 Å². The highest BCUT2D eigenvalue weighted by Gasteiger charge is 2.07. The number of hydrogen-bond acceptors (Lipinski definition) is 2. The largest absolute Gasteiger partial charge is 0.235 e. The molecule has 0 saturated carbocycles. The molecule has 0 N–H and O–H groups in total. The Labute approximate surface area is 81.4 Å². The van der Waals surface area contributed by atoms with Crippen LogP contribution in [0.5, 0.6) is 0 Å². The molecular weight excluding hydrogens is 244 g/mol. The molecule has 0 heterocycles. The highest BCUT2D eigenvalue weighted by atomic mass is 79.9. The van der Waals surface area contributed by atoms with E-state index in [-0.39, 0.29) is 11.0 Å². The van der Waals surface area contributed by atoms with Crippen molar-refractivity contribution < 1.29 is 13.6 Å². The molecule has 0 aliphatic carbocycles. The van der Waals surface area contributed by atoms with Crippen LogP contribution in [0.4, 0.5) is 8.78 Å². The maximum absolute atomic E-state index is 12.7. The van der Waals surface area contributed by atoms with Gasteiger partial charge < -0.3 is 0 Å². The third-order valence-electron chi connectivity index (χ3n) is 1.37. The predicted molar refractivity (Wildman–Crippen MR) is 45.9 cm³/mol. The Kier molecular flexibility index (Phi) is 3.28. The van der Waals surface area contributed by atoms with Crippen molar-refractivity contribution in [2.24, 2.45) is 4.99 Å². The van der Waals surface area contributed by atoms with Gasteiger partial charge in [-0.15, -0.1) is 0 Å². The van der Waals surface area contributed by atoms with Crippen molar-refractivity contribution >= 4 is 22.0 Å². The molecule has 1 aromatic carbocycles. The van der Waals surface area contributed by atoms with Crippen molar-refractivity contribution in [3.63, 3.8) is 0 Å². The zero-order valence-corrected chi connectivity index (χ0v) is 7.94. The van der Waals surface area contributed by atoms with Crippen molar-refractivity contribution in [2.75, 3.05) is 0 Å². The summed E-state index contributed by atoms with van der Waals surface area (Å²) in [6.45, 7) is -0.000694. The molecule has 0 radical (unpaired) electrons. The van der Waals surface area contributed by atoms with E-state index in [1.807, 2.05) is 0 Å². The molecule has 5 heteroatoms. The summed E-state index contributed by atoms with van der Waals surface area (Å²) in [5.74, 6) is -1.91. The molecular formula is C8H4BrF2NO. The van der Waals surface area contributed by atoms with Crippen LogP contribution < -0.4 is 0 Å². The lowest BCUT2D eigenvalue weighted by Crippen LogP contribution is -1.90. The fourth-order valence-electron chi connectivity index (χ4n) is 0.823. The molecule has 1 aromatic rings. The minimum atomic E-state index is -0.967. The molecule has 13 heavy (non-hydrogen) atoms. The Hall–Kier alpha value is -1.06. The average Bonchev–Trinajstić information content (AvgIpc) is 2.10. The molecule has 0 atom stereocenters. The van der Waals surface area contributed by atoms with Gasteiger partial charge in [0.15, 0.2) is 11.6 Å². The molecule has 0 fully saturated rings. The molecule has 1 rings (SSSR count). The number of isocyanates is 1. The Morgan fingerprint density at radius 3 is 2.69 bits per heavy atom.